The van der Waals surface area contributed by atoms with Gasteiger partial charge in [0.2, 0.25) is 5.91 Å². The van der Waals surface area contributed by atoms with Crippen molar-refractivity contribution in [2.24, 2.45) is 0 Å². The highest BCUT2D eigenvalue weighted by atomic mass is 35.5. The molecule has 0 atom stereocenters. The number of hydrogen-bond donors (Lipinski definition) is 1. The van der Waals surface area contributed by atoms with Gasteiger partial charge in [0.1, 0.15) is 6.54 Å². The molecule has 1 fully saturated rings. The third-order valence-corrected chi connectivity index (χ3v) is 5.58. The summed E-state index contributed by atoms with van der Waals surface area (Å²) in [6.45, 7) is -0.441. The van der Waals surface area contributed by atoms with E-state index < -0.39 is 29.9 Å². The van der Waals surface area contributed by atoms with E-state index in [-0.39, 0.29) is 16.8 Å². The molecule has 152 valence electrons. The molecule has 29 heavy (non-hydrogen) atoms. The van der Waals surface area contributed by atoms with Crippen LogP contribution in [0.2, 0.25) is 5.02 Å². The average Bonchev–Trinajstić information content (AvgIpc) is 3.22. The summed E-state index contributed by atoms with van der Waals surface area (Å²) in [4.78, 5) is 25.9. The van der Waals surface area contributed by atoms with E-state index in [1.165, 1.54) is 11.3 Å². The maximum atomic E-state index is 12.9. The summed E-state index contributed by atoms with van der Waals surface area (Å²) in [6, 6.07) is 6.36. The summed E-state index contributed by atoms with van der Waals surface area (Å²) in [5, 5.41) is 8.43. The quantitative estimate of drug-likeness (QED) is 0.636. The highest BCUT2D eigenvalue weighted by molar-refractivity contribution is 7.13. The summed E-state index contributed by atoms with van der Waals surface area (Å²) in [7, 11) is 0. The average molecular weight is 443 g/mol. The Morgan fingerprint density at radius 3 is 2.69 bits per heavy atom. The third kappa shape index (κ3) is 4.08. The van der Waals surface area contributed by atoms with E-state index >= 15 is 0 Å². The SMILES string of the molecule is O=C(Cn1nc(-c2cccs2)n(C2CC2)c1=O)Nc1cc(C(F)(F)F)ccc1Cl. The fraction of sp³-hybridized carbons (Fsp3) is 0.278. The van der Waals surface area contributed by atoms with Crippen molar-refractivity contribution in [2.75, 3.05) is 5.32 Å². The zero-order valence-electron chi connectivity index (χ0n) is 14.7. The predicted octanol–water partition coefficient (Wildman–Crippen LogP) is 4.42. The minimum absolute atomic E-state index is 0.0403. The molecule has 0 radical (unpaired) electrons. The van der Waals surface area contributed by atoms with Gasteiger partial charge in [0.15, 0.2) is 5.82 Å². The highest BCUT2D eigenvalue weighted by Crippen LogP contribution is 2.37. The Labute approximate surface area is 171 Å². The molecule has 0 unspecified atom stereocenters. The van der Waals surface area contributed by atoms with Gasteiger partial charge in [-0.3, -0.25) is 9.36 Å². The van der Waals surface area contributed by atoms with E-state index in [2.05, 4.69) is 10.4 Å². The Morgan fingerprint density at radius 2 is 2.07 bits per heavy atom. The number of carbonyl (C=O) groups is 1. The molecule has 1 aliphatic carbocycles. The normalized spacial score (nSPS) is 14.2. The number of alkyl halides is 3. The number of aromatic nitrogens is 3. The van der Waals surface area contributed by atoms with E-state index in [4.69, 9.17) is 11.6 Å². The van der Waals surface area contributed by atoms with Gasteiger partial charge in [-0.1, -0.05) is 17.7 Å². The van der Waals surface area contributed by atoms with Crippen molar-refractivity contribution in [3.8, 4) is 10.7 Å². The molecular weight excluding hydrogens is 429 g/mol. The standard InChI is InChI=1S/C18H14ClF3N4O2S/c19-12-6-3-10(18(20,21)22)8-13(12)23-15(27)9-25-17(28)26(11-4-5-11)16(24-25)14-2-1-7-29-14/h1-3,6-8,11H,4-5,9H2,(H,23,27). The van der Waals surface area contributed by atoms with Gasteiger partial charge in [-0.05, 0) is 42.5 Å². The predicted molar refractivity (Wildman–Crippen MR) is 103 cm³/mol. The topological polar surface area (TPSA) is 68.9 Å². The minimum atomic E-state index is -4.57. The zero-order chi connectivity index (χ0) is 20.8. The highest BCUT2D eigenvalue weighted by Gasteiger charge is 2.32. The molecule has 0 aliphatic heterocycles. The van der Waals surface area contributed by atoms with Crippen LogP contribution in [0.25, 0.3) is 10.7 Å². The first-order valence-electron chi connectivity index (χ1n) is 8.64. The second kappa shape index (κ2) is 7.34. The van der Waals surface area contributed by atoms with Crippen LogP contribution in [0.4, 0.5) is 18.9 Å². The van der Waals surface area contributed by atoms with E-state index in [9.17, 15) is 22.8 Å². The Bertz CT molecular complexity index is 1120. The van der Waals surface area contributed by atoms with Crippen LogP contribution in [0.15, 0.2) is 40.5 Å². The van der Waals surface area contributed by atoms with E-state index in [0.29, 0.717) is 5.82 Å². The Hall–Kier alpha value is -2.59. The largest absolute Gasteiger partial charge is 0.416 e. The van der Waals surface area contributed by atoms with Gasteiger partial charge in [0.25, 0.3) is 0 Å². The number of benzene rings is 1. The molecule has 4 rings (SSSR count). The first kappa shape index (κ1) is 19.7. The van der Waals surface area contributed by atoms with Crippen LogP contribution in [0, 0.1) is 0 Å². The molecule has 1 amide bonds. The first-order chi connectivity index (χ1) is 13.7. The van der Waals surface area contributed by atoms with Gasteiger partial charge in [0, 0.05) is 6.04 Å². The van der Waals surface area contributed by atoms with Crippen LogP contribution in [-0.2, 0) is 17.5 Å². The molecule has 11 heteroatoms. The van der Waals surface area contributed by atoms with E-state index in [1.807, 2.05) is 17.5 Å². The summed E-state index contributed by atoms with van der Waals surface area (Å²) in [5.74, 6) is -0.219. The Morgan fingerprint density at radius 1 is 1.31 bits per heavy atom. The molecule has 3 aromatic rings. The number of anilines is 1. The monoisotopic (exact) mass is 442 g/mol. The van der Waals surface area contributed by atoms with Crippen LogP contribution < -0.4 is 11.0 Å². The summed E-state index contributed by atoms with van der Waals surface area (Å²) in [6.07, 6.45) is -2.86. The van der Waals surface area contributed by atoms with Crippen molar-refractivity contribution in [3.05, 3.63) is 56.8 Å². The van der Waals surface area contributed by atoms with Gasteiger partial charge in [-0.2, -0.15) is 13.2 Å². The van der Waals surface area contributed by atoms with Crippen molar-refractivity contribution in [1.82, 2.24) is 14.3 Å². The summed E-state index contributed by atoms with van der Waals surface area (Å²) >= 11 is 7.33. The zero-order valence-corrected chi connectivity index (χ0v) is 16.3. The van der Waals surface area contributed by atoms with Crippen molar-refractivity contribution >= 4 is 34.5 Å². The lowest BCUT2D eigenvalue weighted by Gasteiger charge is -2.11. The maximum Gasteiger partial charge on any atom is 0.416 e. The fourth-order valence-corrected chi connectivity index (χ4v) is 3.75. The van der Waals surface area contributed by atoms with Crippen LogP contribution in [0.1, 0.15) is 24.4 Å². The van der Waals surface area contributed by atoms with Gasteiger partial charge >= 0.3 is 11.9 Å². The van der Waals surface area contributed by atoms with Crippen molar-refractivity contribution < 1.29 is 18.0 Å². The number of thiophene rings is 1. The number of nitrogens with one attached hydrogen (secondary N) is 1. The van der Waals surface area contributed by atoms with E-state index in [1.54, 1.807) is 4.57 Å². The number of rotatable bonds is 5. The van der Waals surface area contributed by atoms with Gasteiger partial charge < -0.3 is 5.32 Å². The Balaban J connectivity index is 1.58. The number of nitrogens with zero attached hydrogens (tertiary/aromatic N) is 3. The third-order valence-electron chi connectivity index (χ3n) is 4.39. The maximum absolute atomic E-state index is 12.9. The smallest absolute Gasteiger partial charge is 0.323 e. The van der Waals surface area contributed by atoms with Crippen LogP contribution in [0.5, 0.6) is 0 Å². The van der Waals surface area contributed by atoms with Gasteiger partial charge in [-0.15, -0.1) is 16.4 Å². The second-order valence-corrected chi connectivity index (χ2v) is 7.94. The lowest BCUT2D eigenvalue weighted by molar-refractivity contribution is -0.137. The minimum Gasteiger partial charge on any atom is -0.323 e. The number of hydrogen-bond acceptors (Lipinski definition) is 4. The first-order valence-corrected chi connectivity index (χ1v) is 9.89. The lowest BCUT2D eigenvalue weighted by atomic mass is 10.2. The van der Waals surface area contributed by atoms with Gasteiger partial charge in [-0.25, -0.2) is 9.48 Å². The Kier molecular flexibility index (Phi) is 4.99. The van der Waals surface area contributed by atoms with Crippen molar-refractivity contribution in [2.45, 2.75) is 31.6 Å². The molecule has 2 aromatic heterocycles. The molecule has 1 aromatic carbocycles. The molecular formula is C18H14ClF3N4O2S. The molecule has 0 bridgehead atoms. The number of halogens is 4. The summed E-state index contributed by atoms with van der Waals surface area (Å²) in [5.41, 5.74) is -1.55. The fourth-order valence-electron chi connectivity index (χ4n) is 2.88. The molecule has 0 saturated heterocycles. The molecule has 2 heterocycles. The molecule has 6 nitrogen and oxygen atoms in total. The second-order valence-electron chi connectivity index (χ2n) is 6.58. The van der Waals surface area contributed by atoms with Crippen LogP contribution in [0.3, 0.4) is 0 Å². The van der Waals surface area contributed by atoms with Crippen molar-refractivity contribution in [3.63, 3.8) is 0 Å². The molecule has 1 aliphatic rings. The van der Waals surface area contributed by atoms with Crippen LogP contribution >= 0.6 is 22.9 Å². The number of amides is 1. The van der Waals surface area contributed by atoms with Gasteiger partial charge in [0.05, 0.1) is 21.2 Å². The molecule has 0 spiro atoms. The molecule has 1 saturated carbocycles. The van der Waals surface area contributed by atoms with Crippen molar-refractivity contribution in [1.29, 1.82) is 0 Å². The molecule has 1 N–H and O–H groups in total. The lowest BCUT2D eigenvalue weighted by Crippen LogP contribution is -2.30. The summed E-state index contributed by atoms with van der Waals surface area (Å²) < 4.78 is 41.2. The number of carbonyl (C=O) groups excluding carboxylic acids is 1. The van der Waals surface area contributed by atoms with E-state index in [0.717, 1.165) is 40.6 Å². The van der Waals surface area contributed by atoms with Crippen LogP contribution in [-0.4, -0.2) is 20.3 Å².